The zero-order chi connectivity index (χ0) is 13.0. The summed E-state index contributed by atoms with van der Waals surface area (Å²) >= 11 is 1.79. The highest BCUT2D eigenvalue weighted by Crippen LogP contribution is 2.31. The van der Waals surface area contributed by atoms with Crippen molar-refractivity contribution >= 4 is 11.3 Å². The largest absolute Gasteiger partial charge is 0.493 e. The third-order valence-corrected chi connectivity index (χ3v) is 3.82. The Balaban J connectivity index is 2.01. The summed E-state index contributed by atoms with van der Waals surface area (Å²) in [4.78, 5) is 1.38. The van der Waals surface area contributed by atoms with E-state index in [1.54, 1.807) is 11.3 Å². The normalized spacial score (nSPS) is 11.5. The van der Waals surface area contributed by atoms with Crippen molar-refractivity contribution in [3.8, 4) is 5.75 Å². The van der Waals surface area contributed by atoms with Crippen LogP contribution < -0.4 is 4.74 Å². The van der Waals surface area contributed by atoms with E-state index in [0.29, 0.717) is 0 Å². The fourth-order valence-electron chi connectivity index (χ4n) is 1.93. The Hall–Kier alpha value is -1.28. The molecule has 0 atom stereocenters. The Labute approximate surface area is 113 Å². The van der Waals surface area contributed by atoms with Gasteiger partial charge >= 0.3 is 0 Å². The van der Waals surface area contributed by atoms with Gasteiger partial charge < -0.3 is 4.74 Å². The van der Waals surface area contributed by atoms with Crippen molar-refractivity contribution < 1.29 is 4.74 Å². The minimum absolute atomic E-state index is 0.125. The lowest BCUT2D eigenvalue weighted by Crippen LogP contribution is -2.14. The second kappa shape index (κ2) is 5.57. The van der Waals surface area contributed by atoms with Crippen LogP contribution in [0.5, 0.6) is 5.75 Å². The van der Waals surface area contributed by atoms with Gasteiger partial charge in [0.2, 0.25) is 0 Å². The van der Waals surface area contributed by atoms with Crippen LogP contribution in [0.1, 0.15) is 31.2 Å². The van der Waals surface area contributed by atoms with Gasteiger partial charge in [-0.3, -0.25) is 0 Å². The molecule has 0 aliphatic rings. The van der Waals surface area contributed by atoms with E-state index in [1.165, 1.54) is 10.4 Å². The fraction of sp³-hybridized carbons (Fsp3) is 0.375. The van der Waals surface area contributed by atoms with E-state index in [1.807, 2.05) is 6.07 Å². The van der Waals surface area contributed by atoms with E-state index in [2.05, 4.69) is 56.5 Å². The molecule has 0 unspecified atom stereocenters. The first-order chi connectivity index (χ1) is 8.57. The summed E-state index contributed by atoms with van der Waals surface area (Å²) in [5, 5.41) is 2.11. The Morgan fingerprint density at radius 2 is 1.83 bits per heavy atom. The molecule has 0 saturated heterocycles. The smallest absolute Gasteiger partial charge is 0.123 e. The van der Waals surface area contributed by atoms with Gasteiger partial charge in [0.05, 0.1) is 6.61 Å². The van der Waals surface area contributed by atoms with Crippen molar-refractivity contribution in [2.24, 2.45) is 0 Å². The molecule has 2 rings (SSSR count). The van der Waals surface area contributed by atoms with Crippen LogP contribution in [0.25, 0.3) is 0 Å². The zero-order valence-corrected chi connectivity index (χ0v) is 12.1. The molecule has 1 aromatic heterocycles. The van der Waals surface area contributed by atoms with Crippen LogP contribution >= 0.6 is 11.3 Å². The first-order valence-corrected chi connectivity index (χ1v) is 7.20. The van der Waals surface area contributed by atoms with Crippen LogP contribution in [-0.4, -0.2) is 6.61 Å². The molecule has 2 aromatic rings. The molecule has 0 radical (unpaired) electrons. The number of hydrogen-bond donors (Lipinski definition) is 0. The maximum absolute atomic E-state index is 5.94. The molecule has 2 heteroatoms. The maximum atomic E-state index is 5.94. The molecular formula is C16H20OS. The SMILES string of the molecule is CC(C)(C)c1ccccc1OCCc1cccs1. The summed E-state index contributed by atoms with van der Waals surface area (Å²) in [5.41, 5.74) is 1.40. The molecule has 0 aliphatic carbocycles. The predicted octanol–water partition coefficient (Wildman–Crippen LogP) is 4.67. The van der Waals surface area contributed by atoms with E-state index in [-0.39, 0.29) is 5.41 Å². The summed E-state index contributed by atoms with van der Waals surface area (Å²) in [6.45, 7) is 7.39. The highest BCUT2D eigenvalue weighted by Gasteiger charge is 2.18. The van der Waals surface area contributed by atoms with Crippen LogP contribution in [0, 0.1) is 0 Å². The molecule has 0 amide bonds. The standard InChI is InChI=1S/C16H20OS/c1-16(2,3)14-8-4-5-9-15(14)17-11-10-13-7-6-12-18-13/h4-9,12H,10-11H2,1-3H3. The second-order valence-electron chi connectivity index (χ2n) is 5.42. The van der Waals surface area contributed by atoms with Crippen molar-refractivity contribution in [2.75, 3.05) is 6.61 Å². The van der Waals surface area contributed by atoms with E-state index >= 15 is 0 Å². The second-order valence-corrected chi connectivity index (χ2v) is 6.46. The van der Waals surface area contributed by atoms with Crippen molar-refractivity contribution in [1.82, 2.24) is 0 Å². The number of benzene rings is 1. The summed E-state index contributed by atoms with van der Waals surface area (Å²) in [7, 11) is 0. The molecule has 1 heterocycles. The maximum Gasteiger partial charge on any atom is 0.123 e. The molecule has 1 nitrogen and oxygen atoms in total. The van der Waals surface area contributed by atoms with Crippen LogP contribution in [0.4, 0.5) is 0 Å². The van der Waals surface area contributed by atoms with Gasteiger partial charge in [-0.2, -0.15) is 0 Å². The molecular weight excluding hydrogens is 240 g/mol. The topological polar surface area (TPSA) is 9.23 Å². The van der Waals surface area contributed by atoms with Crippen molar-refractivity contribution in [2.45, 2.75) is 32.6 Å². The third-order valence-electron chi connectivity index (χ3n) is 2.88. The van der Waals surface area contributed by atoms with E-state index in [0.717, 1.165) is 18.8 Å². The highest BCUT2D eigenvalue weighted by atomic mass is 32.1. The molecule has 18 heavy (non-hydrogen) atoms. The van der Waals surface area contributed by atoms with Gasteiger partial charge in [0.25, 0.3) is 0 Å². The van der Waals surface area contributed by atoms with Gasteiger partial charge in [0, 0.05) is 11.3 Å². The van der Waals surface area contributed by atoms with Gasteiger partial charge in [0.1, 0.15) is 5.75 Å². The summed E-state index contributed by atoms with van der Waals surface area (Å²) in [5.74, 6) is 1.02. The minimum atomic E-state index is 0.125. The number of ether oxygens (including phenoxy) is 1. The van der Waals surface area contributed by atoms with Gasteiger partial charge in [-0.25, -0.2) is 0 Å². The molecule has 0 N–H and O–H groups in total. The summed E-state index contributed by atoms with van der Waals surface area (Å²) in [6, 6.07) is 12.6. The molecule has 0 aliphatic heterocycles. The Kier molecular flexibility index (Phi) is 4.07. The minimum Gasteiger partial charge on any atom is -0.493 e. The highest BCUT2D eigenvalue weighted by molar-refractivity contribution is 7.09. The van der Waals surface area contributed by atoms with Crippen LogP contribution in [0.15, 0.2) is 41.8 Å². The molecule has 0 saturated carbocycles. The summed E-state index contributed by atoms with van der Waals surface area (Å²) in [6.07, 6.45) is 0.982. The third kappa shape index (κ3) is 3.36. The number of rotatable bonds is 4. The fourth-order valence-corrected chi connectivity index (χ4v) is 2.62. The predicted molar refractivity (Wildman–Crippen MR) is 78.7 cm³/mol. The molecule has 96 valence electrons. The monoisotopic (exact) mass is 260 g/mol. The molecule has 0 fully saturated rings. The quantitative estimate of drug-likeness (QED) is 0.776. The Bertz CT molecular complexity index is 480. The Morgan fingerprint density at radius 3 is 2.50 bits per heavy atom. The Morgan fingerprint density at radius 1 is 1.06 bits per heavy atom. The van der Waals surface area contributed by atoms with Crippen molar-refractivity contribution in [3.05, 3.63) is 52.2 Å². The molecule has 0 bridgehead atoms. The van der Waals surface area contributed by atoms with E-state index in [4.69, 9.17) is 4.74 Å². The lowest BCUT2D eigenvalue weighted by molar-refractivity contribution is 0.314. The molecule has 0 spiro atoms. The van der Waals surface area contributed by atoms with Gasteiger partial charge in [-0.05, 0) is 28.5 Å². The van der Waals surface area contributed by atoms with E-state index < -0.39 is 0 Å². The van der Waals surface area contributed by atoms with E-state index in [9.17, 15) is 0 Å². The number of para-hydroxylation sites is 1. The molecule has 1 aromatic carbocycles. The van der Waals surface area contributed by atoms with Crippen molar-refractivity contribution in [1.29, 1.82) is 0 Å². The lowest BCUT2D eigenvalue weighted by Gasteiger charge is -2.22. The zero-order valence-electron chi connectivity index (χ0n) is 11.3. The van der Waals surface area contributed by atoms with Gasteiger partial charge in [0.15, 0.2) is 0 Å². The van der Waals surface area contributed by atoms with Gasteiger partial charge in [-0.15, -0.1) is 11.3 Å². The lowest BCUT2D eigenvalue weighted by atomic mass is 9.86. The number of thiophene rings is 1. The van der Waals surface area contributed by atoms with Crippen molar-refractivity contribution in [3.63, 3.8) is 0 Å². The average Bonchev–Trinajstić information content (AvgIpc) is 2.81. The van der Waals surface area contributed by atoms with Gasteiger partial charge in [-0.1, -0.05) is 45.0 Å². The average molecular weight is 260 g/mol. The van der Waals surface area contributed by atoms with Crippen LogP contribution in [-0.2, 0) is 11.8 Å². The number of hydrogen-bond acceptors (Lipinski definition) is 2. The van der Waals surface area contributed by atoms with Crippen LogP contribution in [0.2, 0.25) is 0 Å². The van der Waals surface area contributed by atoms with Crippen LogP contribution in [0.3, 0.4) is 0 Å². The summed E-state index contributed by atoms with van der Waals surface area (Å²) < 4.78 is 5.94. The first-order valence-electron chi connectivity index (χ1n) is 6.32. The first kappa shape index (κ1) is 13.2.